The Hall–Kier alpha value is -2.34. The highest BCUT2D eigenvalue weighted by atomic mass is 35.5. The van der Waals surface area contributed by atoms with Crippen LogP contribution >= 0.6 is 11.6 Å². The number of hydrogen-bond donors (Lipinski definition) is 3. The van der Waals surface area contributed by atoms with Crippen molar-refractivity contribution >= 4 is 28.6 Å². The van der Waals surface area contributed by atoms with E-state index >= 15 is 0 Å². The molecule has 7 heteroatoms. The Kier molecular flexibility index (Phi) is 2.31. The maximum Gasteiger partial charge on any atom is 0.183 e. The molecule has 0 aliphatic heterocycles. The number of aromatic hydroxyl groups is 1. The molecule has 90 valence electrons. The fourth-order valence-electron chi connectivity index (χ4n) is 1.64. The number of nitrogen functional groups attached to an aromatic ring is 1. The molecular weight excluding hydrogens is 254 g/mol. The minimum absolute atomic E-state index is 0.0239. The van der Waals surface area contributed by atoms with Gasteiger partial charge < -0.3 is 15.8 Å². The highest BCUT2D eigenvalue weighted by molar-refractivity contribution is 6.32. The standard InChI is InChI=1S/C11H8ClN5O/c12-6-3-5(1-2-7(6)18)10-16-8-9(13)14-4-15-11(8)17-10/h1-4,18H,(H3,13,14,15,16,17). The first-order valence-electron chi connectivity index (χ1n) is 5.10. The molecule has 0 saturated carbocycles. The summed E-state index contributed by atoms with van der Waals surface area (Å²) in [6.07, 6.45) is 1.35. The summed E-state index contributed by atoms with van der Waals surface area (Å²) in [6.45, 7) is 0. The Morgan fingerprint density at radius 2 is 2.11 bits per heavy atom. The summed E-state index contributed by atoms with van der Waals surface area (Å²) < 4.78 is 0. The summed E-state index contributed by atoms with van der Waals surface area (Å²) in [5, 5.41) is 9.63. The van der Waals surface area contributed by atoms with E-state index in [1.807, 2.05) is 0 Å². The lowest BCUT2D eigenvalue weighted by Gasteiger charge is -1.99. The Morgan fingerprint density at radius 3 is 2.83 bits per heavy atom. The fourth-order valence-corrected chi connectivity index (χ4v) is 1.82. The Bertz CT molecular complexity index is 739. The van der Waals surface area contributed by atoms with Gasteiger partial charge in [-0.2, -0.15) is 0 Å². The highest BCUT2D eigenvalue weighted by Crippen LogP contribution is 2.29. The monoisotopic (exact) mass is 261 g/mol. The lowest BCUT2D eigenvalue weighted by Crippen LogP contribution is -1.91. The third kappa shape index (κ3) is 1.63. The molecule has 0 atom stereocenters. The van der Waals surface area contributed by atoms with Gasteiger partial charge in [0.25, 0.3) is 0 Å². The molecule has 0 bridgehead atoms. The average Bonchev–Trinajstić information content (AvgIpc) is 2.78. The summed E-state index contributed by atoms with van der Waals surface area (Å²) in [5.74, 6) is 0.929. The van der Waals surface area contributed by atoms with Gasteiger partial charge in [-0.1, -0.05) is 11.6 Å². The van der Waals surface area contributed by atoms with Crippen LogP contribution < -0.4 is 5.73 Å². The topological polar surface area (TPSA) is 101 Å². The lowest BCUT2D eigenvalue weighted by atomic mass is 10.2. The van der Waals surface area contributed by atoms with Gasteiger partial charge in [0.05, 0.1) is 5.02 Å². The number of imidazole rings is 1. The Labute approximate surface area is 106 Å². The molecule has 2 heterocycles. The van der Waals surface area contributed by atoms with Gasteiger partial charge in [-0.05, 0) is 18.2 Å². The summed E-state index contributed by atoms with van der Waals surface area (Å²) in [5.41, 5.74) is 7.51. The van der Waals surface area contributed by atoms with Crippen molar-refractivity contribution in [1.29, 1.82) is 0 Å². The Morgan fingerprint density at radius 1 is 1.28 bits per heavy atom. The Balaban J connectivity index is 2.19. The van der Waals surface area contributed by atoms with Crippen LogP contribution in [0.5, 0.6) is 5.75 Å². The molecular formula is C11H8ClN5O. The van der Waals surface area contributed by atoms with Crippen molar-refractivity contribution in [1.82, 2.24) is 19.9 Å². The molecule has 3 aromatic rings. The second-order valence-corrected chi connectivity index (χ2v) is 4.12. The van der Waals surface area contributed by atoms with Crippen LogP contribution in [0.15, 0.2) is 24.5 Å². The molecule has 0 fully saturated rings. The van der Waals surface area contributed by atoms with Gasteiger partial charge in [0.15, 0.2) is 11.5 Å². The molecule has 6 nitrogen and oxygen atoms in total. The second-order valence-electron chi connectivity index (χ2n) is 3.71. The van der Waals surface area contributed by atoms with E-state index in [-0.39, 0.29) is 10.8 Å². The normalized spacial score (nSPS) is 10.9. The van der Waals surface area contributed by atoms with E-state index in [1.165, 1.54) is 12.4 Å². The number of nitrogens with one attached hydrogen (secondary N) is 1. The minimum Gasteiger partial charge on any atom is -0.506 e. The quantitative estimate of drug-likeness (QED) is 0.622. The molecule has 0 radical (unpaired) electrons. The van der Waals surface area contributed by atoms with Crippen LogP contribution in [-0.4, -0.2) is 25.0 Å². The van der Waals surface area contributed by atoms with Crippen LogP contribution in [0, 0.1) is 0 Å². The highest BCUT2D eigenvalue weighted by Gasteiger charge is 2.10. The van der Waals surface area contributed by atoms with Crippen LogP contribution in [-0.2, 0) is 0 Å². The zero-order chi connectivity index (χ0) is 12.7. The largest absolute Gasteiger partial charge is 0.506 e. The number of phenols is 1. The molecule has 0 amide bonds. The van der Waals surface area contributed by atoms with Crippen molar-refractivity contribution < 1.29 is 5.11 Å². The average molecular weight is 262 g/mol. The van der Waals surface area contributed by atoms with Gasteiger partial charge in [-0.3, -0.25) is 0 Å². The number of fused-ring (bicyclic) bond motifs is 1. The third-order valence-electron chi connectivity index (χ3n) is 2.54. The van der Waals surface area contributed by atoms with Crippen molar-refractivity contribution in [3.63, 3.8) is 0 Å². The van der Waals surface area contributed by atoms with Gasteiger partial charge in [-0.25, -0.2) is 15.0 Å². The number of phenolic OH excluding ortho intramolecular Hbond substituents is 1. The summed E-state index contributed by atoms with van der Waals surface area (Å²) in [6, 6.07) is 4.81. The van der Waals surface area contributed by atoms with Crippen LogP contribution in [0.2, 0.25) is 5.02 Å². The van der Waals surface area contributed by atoms with E-state index in [0.29, 0.717) is 22.8 Å². The van der Waals surface area contributed by atoms with Crippen LogP contribution in [0.3, 0.4) is 0 Å². The maximum absolute atomic E-state index is 9.37. The zero-order valence-electron chi connectivity index (χ0n) is 9.05. The number of halogens is 1. The van der Waals surface area contributed by atoms with Gasteiger partial charge in [-0.15, -0.1) is 0 Å². The van der Waals surface area contributed by atoms with Gasteiger partial charge in [0.1, 0.15) is 23.4 Å². The number of anilines is 1. The predicted octanol–water partition coefficient (Wildman–Crippen LogP) is 1.96. The fraction of sp³-hybridized carbons (Fsp3) is 0. The molecule has 1 aromatic carbocycles. The molecule has 3 rings (SSSR count). The van der Waals surface area contributed by atoms with Crippen LogP contribution in [0.25, 0.3) is 22.6 Å². The SMILES string of the molecule is Nc1ncnc2nc(-c3ccc(O)c(Cl)c3)[nH]c12. The molecule has 18 heavy (non-hydrogen) atoms. The summed E-state index contributed by atoms with van der Waals surface area (Å²) >= 11 is 5.85. The maximum atomic E-state index is 9.37. The van der Waals surface area contributed by atoms with Crippen molar-refractivity contribution in [3.8, 4) is 17.1 Å². The molecule has 0 aliphatic carbocycles. The van der Waals surface area contributed by atoms with Crippen LogP contribution in [0.1, 0.15) is 0 Å². The number of nitrogens with two attached hydrogens (primary N) is 1. The van der Waals surface area contributed by atoms with Gasteiger partial charge >= 0.3 is 0 Å². The molecule has 0 unspecified atom stereocenters. The smallest absolute Gasteiger partial charge is 0.183 e. The van der Waals surface area contributed by atoms with E-state index < -0.39 is 0 Å². The van der Waals surface area contributed by atoms with Crippen LogP contribution in [0.4, 0.5) is 5.82 Å². The van der Waals surface area contributed by atoms with Crippen molar-refractivity contribution in [2.24, 2.45) is 0 Å². The number of aromatic amines is 1. The molecule has 0 spiro atoms. The van der Waals surface area contributed by atoms with Gasteiger partial charge in [0, 0.05) is 5.56 Å². The summed E-state index contributed by atoms with van der Waals surface area (Å²) in [7, 11) is 0. The zero-order valence-corrected chi connectivity index (χ0v) is 9.81. The van der Waals surface area contributed by atoms with E-state index in [0.717, 1.165) is 5.56 Å². The van der Waals surface area contributed by atoms with E-state index in [9.17, 15) is 5.11 Å². The van der Waals surface area contributed by atoms with Crippen molar-refractivity contribution in [2.75, 3.05) is 5.73 Å². The molecule has 0 saturated heterocycles. The first kappa shape index (κ1) is 10.8. The number of hydrogen-bond acceptors (Lipinski definition) is 5. The van der Waals surface area contributed by atoms with Gasteiger partial charge in [0.2, 0.25) is 0 Å². The molecule has 0 aliphatic rings. The lowest BCUT2D eigenvalue weighted by molar-refractivity contribution is 0.475. The van der Waals surface area contributed by atoms with E-state index in [4.69, 9.17) is 17.3 Å². The number of nitrogens with zero attached hydrogens (tertiary/aromatic N) is 3. The summed E-state index contributed by atoms with van der Waals surface area (Å²) in [4.78, 5) is 15.2. The molecule has 2 aromatic heterocycles. The number of aromatic nitrogens is 4. The first-order chi connectivity index (χ1) is 8.65. The minimum atomic E-state index is 0.0239. The number of rotatable bonds is 1. The predicted molar refractivity (Wildman–Crippen MR) is 68.2 cm³/mol. The van der Waals surface area contributed by atoms with Crippen molar-refractivity contribution in [3.05, 3.63) is 29.5 Å². The molecule has 4 N–H and O–H groups in total. The number of H-pyrrole nitrogens is 1. The second kappa shape index (κ2) is 3.85. The first-order valence-corrected chi connectivity index (χ1v) is 5.48. The number of benzene rings is 1. The van der Waals surface area contributed by atoms with Crippen molar-refractivity contribution in [2.45, 2.75) is 0 Å². The van der Waals surface area contributed by atoms with E-state index in [2.05, 4.69) is 19.9 Å². The van der Waals surface area contributed by atoms with E-state index in [1.54, 1.807) is 12.1 Å². The third-order valence-corrected chi connectivity index (χ3v) is 2.84.